The molecule has 28 heavy (non-hydrogen) atoms. The zero-order valence-corrected chi connectivity index (χ0v) is 16.4. The van der Waals surface area contributed by atoms with E-state index in [0.717, 1.165) is 24.8 Å². The fraction of sp³-hybridized carbons (Fsp3) is 0.458. The van der Waals surface area contributed by atoms with Gasteiger partial charge in [-0.05, 0) is 30.7 Å². The second-order valence-corrected chi connectivity index (χ2v) is 7.80. The number of hydrogen-bond donors (Lipinski definition) is 2. The van der Waals surface area contributed by atoms with Crippen LogP contribution in [0.2, 0.25) is 0 Å². The average Bonchev–Trinajstić information content (AvgIpc) is 3.30. The van der Waals surface area contributed by atoms with Crippen LogP contribution in [0.3, 0.4) is 0 Å². The molecule has 0 radical (unpaired) electrons. The molecule has 2 bridgehead atoms. The number of aliphatic hydroxyl groups is 1. The number of carboxylic acids is 1. The molecule has 2 aliphatic heterocycles. The molecule has 2 unspecified atom stereocenters. The van der Waals surface area contributed by atoms with Crippen LogP contribution >= 0.6 is 0 Å². The largest absolute Gasteiger partial charge is 0.481 e. The van der Waals surface area contributed by atoms with E-state index in [-0.39, 0.29) is 24.5 Å². The van der Waals surface area contributed by atoms with E-state index in [1.165, 1.54) is 0 Å². The van der Waals surface area contributed by atoms with Crippen LogP contribution in [0.25, 0.3) is 0 Å². The van der Waals surface area contributed by atoms with Crippen molar-refractivity contribution in [1.82, 2.24) is 0 Å². The number of carboxylic acid groups (broad SMARTS) is 1. The van der Waals surface area contributed by atoms with Crippen molar-refractivity contribution in [1.29, 1.82) is 0 Å². The molecule has 2 saturated heterocycles. The van der Waals surface area contributed by atoms with Crippen LogP contribution in [-0.4, -0.2) is 34.5 Å². The van der Waals surface area contributed by atoms with Crippen LogP contribution in [-0.2, 0) is 9.53 Å². The molecular weight excluding hydrogens is 352 g/mol. The molecule has 0 spiro atoms. The van der Waals surface area contributed by atoms with Gasteiger partial charge in [0.05, 0.1) is 24.7 Å². The number of ether oxygens (including phenoxy) is 1. The topological polar surface area (TPSA) is 66.8 Å². The Bertz CT molecular complexity index is 721. The van der Waals surface area contributed by atoms with E-state index in [2.05, 4.69) is 12.2 Å². The van der Waals surface area contributed by atoms with Gasteiger partial charge in [0, 0.05) is 11.8 Å². The number of allylic oxidation sites excluding steroid dienone is 3. The van der Waals surface area contributed by atoms with Gasteiger partial charge in [-0.1, -0.05) is 73.7 Å². The Morgan fingerprint density at radius 1 is 1.18 bits per heavy atom. The third-order valence-corrected chi connectivity index (χ3v) is 5.94. The van der Waals surface area contributed by atoms with Gasteiger partial charge in [0.25, 0.3) is 0 Å². The molecule has 2 N–H and O–H groups in total. The number of rotatable bonds is 9. The average molecular weight is 383 g/mol. The SMILES string of the molecule is CC(c1ccccc1)C(O)/C=C/[C@@H]1[C@H](C/C=C\C=CCC(=O)O)[C@@H]2CC[C@H]1O2. The molecule has 4 heteroatoms. The summed E-state index contributed by atoms with van der Waals surface area (Å²) in [7, 11) is 0. The van der Waals surface area contributed by atoms with Gasteiger partial charge in [-0.15, -0.1) is 0 Å². The lowest BCUT2D eigenvalue weighted by Gasteiger charge is -2.25. The summed E-state index contributed by atoms with van der Waals surface area (Å²) in [5.74, 6) is -0.0308. The number of fused-ring (bicyclic) bond motifs is 2. The van der Waals surface area contributed by atoms with Crippen molar-refractivity contribution in [3.8, 4) is 0 Å². The first-order chi connectivity index (χ1) is 13.6. The first-order valence-electron chi connectivity index (χ1n) is 10.2. The van der Waals surface area contributed by atoms with Gasteiger partial charge >= 0.3 is 5.97 Å². The number of hydrogen-bond acceptors (Lipinski definition) is 3. The van der Waals surface area contributed by atoms with Gasteiger partial charge in [0.15, 0.2) is 0 Å². The summed E-state index contributed by atoms with van der Waals surface area (Å²) >= 11 is 0. The van der Waals surface area contributed by atoms with Crippen molar-refractivity contribution >= 4 is 5.97 Å². The molecule has 1 aromatic rings. The first-order valence-corrected chi connectivity index (χ1v) is 10.2. The molecule has 3 rings (SSSR count). The summed E-state index contributed by atoms with van der Waals surface area (Å²) in [6.07, 6.45) is 14.7. The van der Waals surface area contributed by atoms with Crippen molar-refractivity contribution in [2.24, 2.45) is 11.8 Å². The number of aliphatic carboxylic acids is 1. The van der Waals surface area contributed by atoms with E-state index in [1.54, 1.807) is 12.2 Å². The Morgan fingerprint density at radius 3 is 2.64 bits per heavy atom. The number of carbonyl (C=O) groups is 1. The van der Waals surface area contributed by atoms with Crippen LogP contribution in [0.1, 0.15) is 44.1 Å². The van der Waals surface area contributed by atoms with Crippen molar-refractivity contribution in [3.63, 3.8) is 0 Å². The molecule has 4 nitrogen and oxygen atoms in total. The number of aliphatic hydroxyl groups excluding tert-OH is 1. The summed E-state index contributed by atoms with van der Waals surface area (Å²) in [6, 6.07) is 10.1. The molecule has 2 heterocycles. The lowest BCUT2D eigenvalue weighted by molar-refractivity contribution is -0.136. The second-order valence-electron chi connectivity index (χ2n) is 7.80. The quantitative estimate of drug-likeness (QED) is 0.488. The predicted molar refractivity (Wildman–Crippen MR) is 110 cm³/mol. The molecule has 0 aromatic heterocycles. The lowest BCUT2D eigenvalue weighted by Crippen LogP contribution is -2.26. The van der Waals surface area contributed by atoms with Gasteiger partial charge in [-0.3, -0.25) is 4.79 Å². The Balaban J connectivity index is 1.58. The normalized spacial score (nSPS) is 29.2. The van der Waals surface area contributed by atoms with Crippen molar-refractivity contribution in [3.05, 3.63) is 72.4 Å². The predicted octanol–water partition coefficient (Wildman–Crippen LogP) is 4.48. The number of benzene rings is 1. The van der Waals surface area contributed by atoms with Gasteiger partial charge in [-0.25, -0.2) is 0 Å². The molecule has 2 aliphatic rings. The Labute approximate surface area is 167 Å². The highest BCUT2D eigenvalue weighted by atomic mass is 16.5. The smallest absolute Gasteiger partial charge is 0.307 e. The minimum Gasteiger partial charge on any atom is -0.481 e. The fourth-order valence-electron chi connectivity index (χ4n) is 4.31. The monoisotopic (exact) mass is 382 g/mol. The Hall–Kier alpha value is -2.17. The van der Waals surface area contributed by atoms with Crippen LogP contribution < -0.4 is 0 Å². The van der Waals surface area contributed by atoms with E-state index in [1.807, 2.05) is 49.4 Å². The molecule has 2 fully saturated rings. The molecule has 1 aromatic carbocycles. The van der Waals surface area contributed by atoms with Gasteiger partial charge in [-0.2, -0.15) is 0 Å². The van der Waals surface area contributed by atoms with Crippen molar-refractivity contribution in [2.45, 2.75) is 56.8 Å². The van der Waals surface area contributed by atoms with E-state index in [0.29, 0.717) is 11.8 Å². The lowest BCUT2D eigenvalue weighted by atomic mass is 9.77. The molecular formula is C24H30O4. The maximum atomic E-state index is 10.6. The standard InChI is InChI=1S/C24H30O4/c1-17(18-9-5-4-6-10-18)21(25)14-13-20-19(22-15-16-23(20)28-22)11-7-2-3-8-12-24(26)27/h2-10,13-14,17,19-23,25H,11-12,15-16H2,1H3,(H,26,27)/b7-2-,8-3?,14-13+/t17?,19-,20+,21?,22-,23+/m0/s1. The van der Waals surface area contributed by atoms with Gasteiger partial charge in [0.2, 0.25) is 0 Å². The van der Waals surface area contributed by atoms with E-state index >= 15 is 0 Å². The Kier molecular flexibility index (Phi) is 7.24. The maximum absolute atomic E-state index is 10.6. The zero-order chi connectivity index (χ0) is 19.9. The minimum atomic E-state index is -0.820. The summed E-state index contributed by atoms with van der Waals surface area (Å²) in [5.41, 5.74) is 1.14. The summed E-state index contributed by atoms with van der Waals surface area (Å²) in [4.78, 5) is 10.5. The van der Waals surface area contributed by atoms with Crippen LogP contribution in [0, 0.1) is 11.8 Å². The first kappa shape index (κ1) is 20.6. The van der Waals surface area contributed by atoms with Crippen LogP contribution in [0.4, 0.5) is 0 Å². The maximum Gasteiger partial charge on any atom is 0.307 e. The van der Waals surface area contributed by atoms with Crippen LogP contribution in [0.15, 0.2) is 66.8 Å². The summed E-state index contributed by atoms with van der Waals surface area (Å²) < 4.78 is 6.12. The molecule has 6 atom stereocenters. The van der Waals surface area contributed by atoms with Gasteiger partial charge < -0.3 is 14.9 Å². The summed E-state index contributed by atoms with van der Waals surface area (Å²) in [5, 5.41) is 19.3. The fourth-order valence-corrected chi connectivity index (χ4v) is 4.31. The third kappa shape index (κ3) is 5.21. The van der Waals surface area contributed by atoms with Gasteiger partial charge in [0.1, 0.15) is 0 Å². The second kappa shape index (κ2) is 9.85. The Morgan fingerprint density at radius 2 is 1.89 bits per heavy atom. The van der Waals surface area contributed by atoms with Crippen molar-refractivity contribution in [2.75, 3.05) is 0 Å². The van der Waals surface area contributed by atoms with Crippen molar-refractivity contribution < 1.29 is 19.7 Å². The molecule has 0 amide bonds. The molecule has 0 aliphatic carbocycles. The summed E-state index contributed by atoms with van der Waals surface area (Å²) in [6.45, 7) is 2.05. The van der Waals surface area contributed by atoms with E-state index in [9.17, 15) is 9.90 Å². The highest BCUT2D eigenvalue weighted by Crippen LogP contribution is 2.46. The van der Waals surface area contributed by atoms with E-state index < -0.39 is 12.1 Å². The van der Waals surface area contributed by atoms with E-state index in [4.69, 9.17) is 9.84 Å². The highest BCUT2D eigenvalue weighted by Gasteiger charge is 2.46. The molecule has 0 saturated carbocycles. The molecule has 150 valence electrons. The van der Waals surface area contributed by atoms with Crippen LogP contribution in [0.5, 0.6) is 0 Å². The highest BCUT2D eigenvalue weighted by molar-refractivity contribution is 5.68. The minimum absolute atomic E-state index is 0.0461. The third-order valence-electron chi connectivity index (χ3n) is 5.94. The zero-order valence-electron chi connectivity index (χ0n) is 16.4.